The number of nitrogens with zero attached hydrogens (tertiary/aromatic N) is 1. The predicted molar refractivity (Wildman–Crippen MR) is 58.5 cm³/mol. The van der Waals surface area contributed by atoms with E-state index < -0.39 is 11.8 Å². The van der Waals surface area contributed by atoms with Crippen LogP contribution in [0.15, 0.2) is 0 Å². The molecular weight excluding hydrogens is 226 g/mol. The van der Waals surface area contributed by atoms with Gasteiger partial charge in [-0.05, 0) is 6.42 Å². The van der Waals surface area contributed by atoms with Gasteiger partial charge in [0.2, 0.25) is 5.91 Å². The first-order chi connectivity index (χ1) is 8.06. The third-order valence-electron chi connectivity index (χ3n) is 2.46. The summed E-state index contributed by atoms with van der Waals surface area (Å²) in [5, 5.41) is 3.73. The van der Waals surface area contributed by atoms with Crippen molar-refractivity contribution in [1.29, 1.82) is 0 Å². The first-order valence-corrected chi connectivity index (χ1v) is 5.40. The maximum atomic E-state index is 11.5. The van der Waals surface area contributed by atoms with Gasteiger partial charge in [0, 0.05) is 33.7 Å². The molecule has 0 saturated carbocycles. The number of methoxy groups -OCH3 is 1. The molecule has 17 heavy (non-hydrogen) atoms. The summed E-state index contributed by atoms with van der Waals surface area (Å²) in [6.07, 6.45) is 0.592. The Morgan fingerprint density at radius 2 is 2.24 bits per heavy atom. The highest BCUT2D eigenvalue weighted by atomic mass is 16.5. The van der Waals surface area contributed by atoms with Crippen LogP contribution in [0.4, 0.5) is 0 Å². The largest absolute Gasteiger partial charge is 0.385 e. The van der Waals surface area contributed by atoms with Crippen LogP contribution < -0.4 is 10.7 Å². The van der Waals surface area contributed by atoms with E-state index in [1.165, 1.54) is 7.05 Å². The molecule has 0 aromatic heterocycles. The van der Waals surface area contributed by atoms with Crippen LogP contribution in [0.25, 0.3) is 0 Å². The summed E-state index contributed by atoms with van der Waals surface area (Å²) in [6.45, 7) is 1.04. The van der Waals surface area contributed by atoms with Gasteiger partial charge in [0.25, 0.3) is 11.8 Å². The van der Waals surface area contributed by atoms with Crippen LogP contribution in [-0.4, -0.2) is 50.0 Å². The molecule has 96 valence electrons. The normalized spacial score (nSPS) is 19.4. The fraction of sp³-hybridized carbons (Fsp3) is 0.700. The number of rotatable bonds is 6. The summed E-state index contributed by atoms with van der Waals surface area (Å²) in [4.78, 5) is 34.3. The van der Waals surface area contributed by atoms with Crippen LogP contribution in [0.5, 0.6) is 0 Å². The zero-order valence-electron chi connectivity index (χ0n) is 9.99. The second-order valence-electron chi connectivity index (χ2n) is 3.83. The van der Waals surface area contributed by atoms with Gasteiger partial charge in [-0.1, -0.05) is 0 Å². The number of ether oxygens (including phenoxy) is 1. The molecular formula is C10H17N3O4. The number of nitrogens with one attached hydrogen (secondary N) is 2. The van der Waals surface area contributed by atoms with Crippen molar-refractivity contribution >= 4 is 17.7 Å². The van der Waals surface area contributed by atoms with E-state index in [1.807, 2.05) is 0 Å². The topological polar surface area (TPSA) is 87.7 Å². The number of amides is 3. The van der Waals surface area contributed by atoms with Gasteiger partial charge in [-0.15, -0.1) is 0 Å². The Hall–Kier alpha value is -1.63. The first-order valence-electron chi connectivity index (χ1n) is 5.40. The maximum Gasteiger partial charge on any atom is 0.253 e. The Morgan fingerprint density at radius 1 is 1.53 bits per heavy atom. The summed E-state index contributed by atoms with van der Waals surface area (Å²) < 4.78 is 4.83. The van der Waals surface area contributed by atoms with E-state index in [1.54, 1.807) is 7.11 Å². The summed E-state index contributed by atoms with van der Waals surface area (Å²) in [6, 6.07) is 0. The van der Waals surface area contributed by atoms with Crippen molar-refractivity contribution in [2.75, 3.05) is 27.3 Å². The molecule has 1 heterocycles. The van der Waals surface area contributed by atoms with Gasteiger partial charge in [0.1, 0.15) is 5.92 Å². The Morgan fingerprint density at radius 3 is 2.76 bits per heavy atom. The highest BCUT2D eigenvalue weighted by molar-refractivity contribution is 6.07. The fourth-order valence-electron chi connectivity index (χ4n) is 1.53. The molecule has 1 fully saturated rings. The van der Waals surface area contributed by atoms with E-state index in [9.17, 15) is 14.4 Å². The van der Waals surface area contributed by atoms with E-state index in [4.69, 9.17) is 4.74 Å². The lowest BCUT2D eigenvalue weighted by molar-refractivity contribution is -0.135. The van der Waals surface area contributed by atoms with Crippen LogP contribution in [-0.2, 0) is 19.1 Å². The van der Waals surface area contributed by atoms with Crippen molar-refractivity contribution < 1.29 is 19.1 Å². The van der Waals surface area contributed by atoms with Gasteiger partial charge in [-0.3, -0.25) is 24.8 Å². The van der Waals surface area contributed by atoms with Gasteiger partial charge in [0.15, 0.2) is 0 Å². The lowest BCUT2D eigenvalue weighted by Crippen LogP contribution is -2.31. The summed E-state index contributed by atoms with van der Waals surface area (Å²) in [7, 11) is 3.04. The molecule has 1 aliphatic rings. The van der Waals surface area contributed by atoms with Crippen molar-refractivity contribution in [2.24, 2.45) is 5.92 Å². The van der Waals surface area contributed by atoms with E-state index in [-0.39, 0.29) is 18.2 Å². The number of carbonyl (C=O) groups excluding carboxylic acids is 3. The molecule has 7 nitrogen and oxygen atoms in total. The van der Waals surface area contributed by atoms with Gasteiger partial charge < -0.3 is 10.1 Å². The minimum atomic E-state index is -0.901. The molecule has 0 aliphatic carbocycles. The molecule has 0 spiro atoms. The van der Waals surface area contributed by atoms with Crippen LogP contribution in [0.2, 0.25) is 0 Å². The summed E-state index contributed by atoms with van der Waals surface area (Å²) in [5.41, 5.74) is 2.34. The average molecular weight is 243 g/mol. The average Bonchev–Trinajstić information content (AvgIpc) is 2.52. The SMILES string of the molecule is COCCCNC(=O)CC1C(=O)NN(C)C1=O. The van der Waals surface area contributed by atoms with E-state index in [0.717, 1.165) is 5.01 Å². The van der Waals surface area contributed by atoms with Gasteiger partial charge in [-0.25, -0.2) is 0 Å². The van der Waals surface area contributed by atoms with Crippen LogP contribution in [0.3, 0.4) is 0 Å². The lowest BCUT2D eigenvalue weighted by Gasteiger charge is -2.07. The standard InChI is InChI=1S/C10H17N3O4/c1-13-10(16)7(9(15)12-13)6-8(14)11-4-3-5-17-2/h7H,3-6H2,1-2H3,(H,11,14)(H,12,15). The summed E-state index contributed by atoms with van der Waals surface area (Å²) >= 11 is 0. The number of hydrazine groups is 1. The molecule has 1 atom stereocenters. The monoisotopic (exact) mass is 243 g/mol. The molecule has 3 amide bonds. The minimum Gasteiger partial charge on any atom is -0.385 e. The highest BCUT2D eigenvalue weighted by Crippen LogP contribution is 2.12. The molecule has 1 unspecified atom stereocenters. The zero-order chi connectivity index (χ0) is 12.8. The molecule has 7 heteroatoms. The summed E-state index contributed by atoms with van der Waals surface area (Å²) in [5.74, 6) is -2.00. The number of hydrogen-bond acceptors (Lipinski definition) is 4. The van der Waals surface area contributed by atoms with Crippen molar-refractivity contribution in [2.45, 2.75) is 12.8 Å². The molecule has 0 aromatic rings. The maximum absolute atomic E-state index is 11.5. The van der Waals surface area contributed by atoms with Crippen molar-refractivity contribution in [3.05, 3.63) is 0 Å². The molecule has 1 rings (SSSR count). The van der Waals surface area contributed by atoms with Gasteiger partial charge >= 0.3 is 0 Å². The van der Waals surface area contributed by atoms with Crippen molar-refractivity contribution in [3.8, 4) is 0 Å². The van der Waals surface area contributed by atoms with Crippen LogP contribution >= 0.6 is 0 Å². The van der Waals surface area contributed by atoms with Crippen LogP contribution in [0, 0.1) is 5.92 Å². The van der Waals surface area contributed by atoms with Gasteiger partial charge in [0.05, 0.1) is 0 Å². The van der Waals surface area contributed by atoms with E-state index in [0.29, 0.717) is 19.6 Å². The molecule has 0 radical (unpaired) electrons. The molecule has 0 bridgehead atoms. The third kappa shape index (κ3) is 3.70. The molecule has 2 N–H and O–H groups in total. The molecule has 0 aromatic carbocycles. The minimum absolute atomic E-state index is 0.109. The lowest BCUT2D eigenvalue weighted by atomic mass is 10.1. The highest BCUT2D eigenvalue weighted by Gasteiger charge is 2.38. The molecule has 1 aliphatic heterocycles. The molecule has 1 saturated heterocycles. The third-order valence-corrected chi connectivity index (χ3v) is 2.46. The van der Waals surface area contributed by atoms with Gasteiger partial charge in [-0.2, -0.15) is 0 Å². The Balaban J connectivity index is 2.31. The second kappa shape index (κ2) is 6.19. The second-order valence-corrected chi connectivity index (χ2v) is 3.83. The smallest absolute Gasteiger partial charge is 0.253 e. The quantitative estimate of drug-likeness (QED) is 0.446. The van der Waals surface area contributed by atoms with Crippen LogP contribution in [0.1, 0.15) is 12.8 Å². The first kappa shape index (κ1) is 13.4. The Bertz CT molecular complexity index is 319. The Labute approximate surface area is 99.4 Å². The van der Waals surface area contributed by atoms with E-state index in [2.05, 4.69) is 10.7 Å². The number of carbonyl (C=O) groups is 3. The van der Waals surface area contributed by atoms with E-state index >= 15 is 0 Å². The predicted octanol–water partition coefficient (Wildman–Crippen LogP) is -1.35. The Kier molecular flexibility index (Phi) is 4.89. The number of hydrogen-bond donors (Lipinski definition) is 2. The fourth-order valence-corrected chi connectivity index (χ4v) is 1.53. The zero-order valence-corrected chi connectivity index (χ0v) is 9.99. The van der Waals surface area contributed by atoms with Crippen molar-refractivity contribution in [1.82, 2.24) is 15.8 Å². The van der Waals surface area contributed by atoms with Crippen molar-refractivity contribution in [3.63, 3.8) is 0 Å².